The molecule has 0 heterocycles. The summed E-state index contributed by atoms with van der Waals surface area (Å²) in [5.74, 6) is -0.908. The lowest BCUT2D eigenvalue weighted by molar-refractivity contribution is 0.117. The van der Waals surface area contributed by atoms with Gasteiger partial charge in [0.2, 0.25) is 0 Å². The summed E-state index contributed by atoms with van der Waals surface area (Å²) in [6.07, 6.45) is -0.928. The summed E-state index contributed by atoms with van der Waals surface area (Å²) < 4.78 is 32.1. The van der Waals surface area contributed by atoms with Gasteiger partial charge in [0.15, 0.2) is 0 Å². The molecule has 21 heavy (non-hydrogen) atoms. The summed E-state index contributed by atoms with van der Waals surface area (Å²) in [5.41, 5.74) is -0.265. The summed E-state index contributed by atoms with van der Waals surface area (Å²) in [7, 11) is 0. The maximum Gasteiger partial charge on any atom is 0.149 e. The largest absolute Gasteiger partial charge is 0.491 e. The van der Waals surface area contributed by atoms with Gasteiger partial charge in [-0.1, -0.05) is 23.7 Å². The Morgan fingerprint density at radius 2 is 1.81 bits per heavy atom. The molecule has 1 atom stereocenters. The molecule has 0 aromatic heterocycles. The standard InChI is InChI=1S/C15H14ClF2NO2/c16-10-3-1-4-12(7-10)21-9-11(20)8-19-15-13(17)5-2-6-14(15)18/h1-7,11,19-20H,8-9H2. The summed E-state index contributed by atoms with van der Waals surface area (Å²) in [4.78, 5) is 0. The van der Waals surface area contributed by atoms with Gasteiger partial charge in [0.05, 0.1) is 0 Å². The molecule has 2 aromatic carbocycles. The molecule has 0 saturated heterocycles. The van der Waals surface area contributed by atoms with Crippen molar-refractivity contribution in [2.45, 2.75) is 6.10 Å². The van der Waals surface area contributed by atoms with Crippen LogP contribution in [0.2, 0.25) is 5.02 Å². The quantitative estimate of drug-likeness (QED) is 0.858. The van der Waals surface area contributed by atoms with Crippen molar-refractivity contribution in [3.05, 3.63) is 59.1 Å². The van der Waals surface area contributed by atoms with Crippen LogP contribution < -0.4 is 10.1 Å². The number of rotatable bonds is 6. The Hall–Kier alpha value is -1.85. The number of para-hydroxylation sites is 1. The van der Waals surface area contributed by atoms with Crippen molar-refractivity contribution >= 4 is 17.3 Å². The monoisotopic (exact) mass is 313 g/mol. The summed E-state index contributed by atoms with van der Waals surface area (Å²) in [6.45, 7) is -0.0676. The van der Waals surface area contributed by atoms with Gasteiger partial charge in [-0.25, -0.2) is 8.78 Å². The lowest BCUT2D eigenvalue weighted by Gasteiger charge is -2.15. The molecule has 3 nitrogen and oxygen atoms in total. The van der Waals surface area contributed by atoms with Gasteiger partial charge in [0, 0.05) is 11.6 Å². The molecule has 2 aromatic rings. The van der Waals surface area contributed by atoms with Crippen molar-refractivity contribution in [3.63, 3.8) is 0 Å². The van der Waals surface area contributed by atoms with Gasteiger partial charge < -0.3 is 15.2 Å². The van der Waals surface area contributed by atoms with Crippen LogP contribution in [0, 0.1) is 11.6 Å². The molecule has 0 radical (unpaired) electrons. The van der Waals surface area contributed by atoms with E-state index in [0.717, 1.165) is 12.1 Å². The zero-order valence-corrected chi connectivity index (χ0v) is 11.8. The zero-order chi connectivity index (χ0) is 15.2. The number of halogens is 3. The number of aliphatic hydroxyl groups is 1. The number of benzene rings is 2. The molecule has 0 aliphatic rings. The van der Waals surface area contributed by atoms with Gasteiger partial charge in [-0.05, 0) is 30.3 Å². The first-order chi connectivity index (χ1) is 10.1. The second-order valence-corrected chi connectivity index (χ2v) is 4.84. The van der Waals surface area contributed by atoms with E-state index >= 15 is 0 Å². The van der Waals surface area contributed by atoms with Crippen molar-refractivity contribution in [1.29, 1.82) is 0 Å². The van der Waals surface area contributed by atoms with Gasteiger partial charge in [0.25, 0.3) is 0 Å². The highest BCUT2D eigenvalue weighted by Gasteiger charge is 2.11. The minimum absolute atomic E-state index is 0.0244. The Morgan fingerprint density at radius 1 is 1.14 bits per heavy atom. The van der Waals surface area contributed by atoms with E-state index in [1.807, 2.05) is 0 Å². The third-order valence-electron chi connectivity index (χ3n) is 2.72. The minimum atomic E-state index is -0.928. The average Bonchev–Trinajstić information content (AvgIpc) is 2.45. The second-order valence-electron chi connectivity index (χ2n) is 4.40. The molecule has 0 bridgehead atoms. The highest BCUT2D eigenvalue weighted by atomic mass is 35.5. The first-order valence-corrected chi connectivity index (χ1v) is 6.68. The van der Waals surface area contributed by atoms with Crippen molar-refractivity contribution in [2.75, 3.05) is 18.5 Å². The van der Waals surface area contributed by atoms with Crippen LogP contribution in [0.3, 0.4) is 0 Å². The molecule has 0 spiro atoms. The number of nitrogens with one attached hydrogen (secondary N) is 1. The number of ether oxygens (including phenoxy) is 1. The van der Waals surface area contributed by atoms with Crippen LogP contribution in [0.25, 0.3) is 0 Å². The van der Waals surface area contributed by atoms with Crippen LogP contribution in [0.1, 0.15) is 0 Å². The van der Waals surface area contributed by atoms with Crippen LogP contribution in [0.5, 0.6) is 5.75 Å². The Balaban J connectivity index is 1.84. The molecule has 112 valence electrons. The van der Waals surface area contributed by atoms with Crippen LogP contribution >= 0.6 is 11.6 Å². The maximum absolute atomic E-state index is 13.4. The van der Waals surface area contributed by atoms with Gasteiger partial charge >= 0.3 is 0 Å². The molecular formula is C15H14ClF2NO2. The molecular weight excluding hydrogens is 300 g/mol. The van der Waals surface area contributed by atoms with Crippen LogP contribution in [0.4, 0.5) is 14.5 Å². The van der Waals surface area contributed by atoms with Crippen molar-refractivity contribution in [1.82, 2.24) is 0 Å². The van der Waals surface area contributed by atoms with Gasteiger partial charge in [-0.2, -0.15) is 0 Å². The minimum Gasteiger partial charge on any atom is -0.491 e. The lowest BCUT2D eigenvalue weighted by atomic mass is 10.2. The molecule has 1 unspecified atom stereocenters. The smallest absolute Gasteiger partial charge is 0.149 e. The predicted molar refractivity (Wildman–Crippen MR) is 77.8 cm³/mol. The van der Waals surface area contributed by atoms with E-state index < -0.39 is 17.7 Å². The topological polar surface area (TPSA) is 41.5 Å². The lowest BCUT2D eigenvalue weighted by Crippen LogP contribution is -2.27. The molecule has 0 fully saturated rings. The van der Waals surface area contributed by atoms with E-state index in [1.165, 1.54) is 6.07 Å². The molecule has 0 saturated carbocycles. The fourth-order valence-electron chi connectivity index (χ4n) is 1.69. The average molecular weight is 314 g/mol. The van der Waals surface area contributed by atoms with Crippen molar-refractivity contribution in [2.24, 2.45) is 0 Å². The van der Waals surface area contributed by atoms with E-state index in [4.69, 9.17) is 16.3 Å². The number of anilines is 1. The zero-order valence-electron chi connectivity index (χ0n) is 11.0. The Morgan fingerprint density at radius 3 is 2.48 bits per heavy atom. The van der Waals surface area contributed by atoms with E-state index in [0.29, 0.717) is 10.8 Å². The maximum atomic E-state index is 13.4. The Labute approximate surface area is 126 Å². The molecule has 2 rings (SSSR count). The highest BCUT2D eigenvalue weighted by molar-refractivity contribution is 6.30. The van der Waals surface area contributed by atoms with Crippen molar-refractivity contribution in [3.8, 4) is 5.75 Å². The van der Waals surface area contributed by atoms with Gasteiger partial charge in [-0.15, -0.1) is 0 Å². The predicted octanol–water partition coefficient (Wildman–Crippen LogP) is 3.47. The summed E-state index contributed by atoms with van der Waals surface area (Å²) in [6, 6.07) is 10.3. The van der Waals surface area contributed by atoms with Crippen LogP contribution in [0.15, 0.2) is 42.5 Å². The Kier molecular flexibility index (Phi) is 5.36. The fraction of sp³-hybridized carbons (Fsp3) is 0.200. The highest BCUT2D eigenvalue weighted by Crippen LogP contribution is 2.19. The van der Waals surface area contributed by atoms with Gasteiger partial charge in [-0.3, -0.25) is 0 Å². The first kappa shape index (κ1) is 15.5. The fourth-order valence-corrected chi connectivity index (χ4v) is 1.87. The van der Waals surface area contributed by atoms with E-state index in [9.17, 15) is 13.9 Å². The van der Waals surface area contributed by atoms with E-state index in [1.54, 1.807) is 24.3 Å². The molecule has 6 heteroatoms. The third kappa shape index (κ3) is 4.58. The molecule has 0 aliphatic carbocycles. The van der Waals surface area contributed by atoms with Crippen LogP contribution in [-0.2, 0) is 0 Å². The number of hydrogen-bond acceptors (Lipinski definition) is 3. The first-order valence-electron chi connectivity index (χ1n) is 6.30. The van der Waals surface area contributed by atoms with Crippen molar-refractivity contribution < 1.29 is 18.6 Å². The van der Waals surface area contributed by atoms with E-state index in [2.05, 4.69) is 5.32 Å². The Bertz CT molecular complexity index is 590. The molecule has 0 aliphatic heterocycles. The summed E-state index contributed by atoms with van der Waals surface area (Å²) >= 11 is 5.80. The number of aliphatic hydroxyl groups excluding tert-OH is 1. The molecule has 0 amide bonds. The SMILES string of the molecule is OC(CNc1c(F)cccc1F)COc1cccc(Cl)c1. The normalized spacial score (nSPS) is 12.0. The third-order valence-corrected chi connectivity index (χ3v) is 2.95. The second kappa shape index (κ2) is 7.24. The summed E-state index contributed by atoms with van der Waals surface area (Å²) in [5, 5.41) is 12.8. The van der Waals surface area contributed by atoms with E-state index in [-0.39, 0.29) is 18.8 Å². The number of hydrogen-bond donors (Lipinski definition) is 2. The molecule has 2 N–H and O–H groups in total. The van der Waals surface area contributed by atoms with Crippen LogP contribution in [-0.4, -0.2) is 24.4 Å². The van der Waals surface area contributed by atoms with Gasteiger partial charge in [0.1, 0.15) is 35.8 Å².